The number of imidazole rings is 1. The molecule has 1 N–H and O–H groups in total. The van der Waals surface area contributed by atoms with E-state index in [0.29, 0.717) is 0 Å². The summed E-state index contributed by atoms with van der Waals surface area (Å²) in [6, 6.07) is 6.34. The Kier molecular flexibility index (Phi) is 5.22. The molecular formula is C20H24ClN3. The third-order valence-corrected chi connectivity index (χ3v) is 4.88. The van der Waals surface area contributed by atoms with Crippen LogP contribution in [0.4, 0.5) is 0 Å². The minimum atomic E-state index is 0.0905. The van der Waals surface area contributed by atoms with Crippen LogP contribution in [0.15, 0.2) is 48.4 Å². The summed E-state index contributed by atoms with van der Waals surface area (Å²) < 4.78 is 2.08. The number of nitrogens with zero attached hydrogens (tertiary/aromatic N) is 2. The number of hydrogen-bond acceptors (Lipinski definition) is 2. The smallest absolute Gasteiger partial charge is 0.0946 e. The molecule has 4 heteroatoms. The summed E-state index contributed by atoms with van der Waals surface area (Å²) in [7, 11) is 2.04. The monoisotopic (exact) mass is 341 g/mol. The van der Waals surface area contributed by atoms with Crippen molar-refractivity contribution in [2.24, 2.45) is 7.05 Å². The van der Waals surface area contributed by atoms with E-state index in [-0.39, 0.29) is 6.04 Å². The zero-order valence-corrected chi connectivity index (χ0v) is 15.3. The largest absolute Gasteiger partial charge is 0.336 e. The summed E-state index contributed by atoms with van der Waals surface area (Å²) in [6.45, 7) is 5.13. The first-order valence-electron chi connectivity index (χ1n) is 8.49. The van der Waals surface area contributed by atoms with Gasteiger partial charge in [-0.1, -0.05) is 42.3 Å². The standard InChI is InChI=1S/C20H24ClN3/c1-4-14-6-7-15-8-9-16(21)11-17(15)18(10-14)20(23-5-2)19-12-22-13-24(19)3/h4,8-13,20,23H,5-7H2,1-3H3/b14-4+/t20-/m1/s1. The van der Waals surface area contributed by atoms with Crippen molar-refractivity contribution in [3.63, 3.8) is 0 Å². The summed E-state index contributed by atoms with van der Waals surface area (Å²) in [5, 5.41) is 4.41. The number of nitrogens with one attached hydrogen (secondary N) is 1. The zero-order valence-electron chi connectivity index (χ0n) is 14.5. The molecule has 24 heavy (non-hydrogen) atoms. The van der Waals surface area contributed by atoms with Crippen LogP contribution in [0.25, 0.3) is 5.57 Å². The van der Waals surface area contributed by atoms with E-state index in [4.69, 9.17) is 11.6 Å². The number of aromatic nitrogens is 2. The molecule has 1 aromatic carbocycles. The highest BCUT2D eigenvalue weighted by atomic mass is 35.5. The third-order valence-electron chi connectivity index (χ3n) is 4.65. The predicted octanol–water partition coefficient (Wildman–Crippen LogP) is 4.70. The van der Waals surface area contributed by atoms with Crippen LogP contribution in [0.2, 0.25) is 5.02 Å². The molecule has 0 saturated carbocycles. The Hall–Kier alpha value is -1.84. The third kappa shape index (κ3) is 3.33. The first-order valence-corrected chi connectivity index (χ1v) is 8.87. The van der Waals surface area contributed by atoms with Gasteiger partial charge in [-0.25, -0.2) is 4.98 Å². The number of allylic oxidation sites excluding steroid dienone is 3. The molecule has 126 valence electrons. The molecule has 1 aliphatic carbocycles. The van der Waals surface area contributed by atoms with E-state index in [1.165, 1.54) is 22.3 Å². The van der Waals surface area contributed by atoms with Gasteiger partial charge in [0.05, 0.1) is 24.3 Å². The first-order chi connectivity index (χ1) is 11.6. The average Bonchev–Trinajstić information content (AvgIpc) is 2.91. The van der Waals surface area contributed by atoms with Crippen molar-refractivity contribution < 1.29 is 0 Å². The Morgan fingerprint density at radius 2 is 2.21 bits per heavy atom. The molecule has 0 saturated heterocycles. The highest BCUT2D eigenvalue weighted by Crippen LogP contribution is 2.37. The molecule has 0 aliphatic heterocycles. The van der Waals surface area contributed by atoms with E-state index in [0.717, 1.165) is 30.1 Å². The zero-order chi connectivity index (χ0) is 17.1. The maximum Gasteiger partial charge on any atom is 0.0946 e. The predicted molar refractivity (Wildman–Crippen MR) is 101 cm³/mol. The number of benzene rings is 1. The van der Waals surface area contributed by atoms with Crippen molar-refractivity contribution in [2.45, 2.75) is 32.7 Å². The van der Waals surface area contributed by atoms with E-state index in [1.54, 1.807) is 0 Å². The second kappa shape index (κ2) is 7.37. The number of likely N-dealkylation sites (N-methyl/N-ethyl adjacent to an activating group) is 1. The van der Waals surface area contributed by atoms with Crippen molar-refractivity contribution in [2.75, 3.05) is 6.54 Å². The van der Waals surface area contributed by atoms with Crippen LogP contribution >= 0.6 is 11.6 Å². The molecule has 0 unspecified atom stereocenters. The van der Waals surface area contributed by atoms with Gasteiger partial charge in [0.25, 0.3) is 0 Å². The fourth-order valence-electron chi connectivity index (χ4n) is 3.35. The minimum Gasteiger partial charge on any atom is -0.336 e. The summed E-state index contributed by atoms with van der Waals surface area (Å²) >= 11 is 6.32. The molecule has 0 fully saturated rings. The number of fused-ring (bicyclic) bond motifs is 1. The molecule has 1 aliphatic rings. The second-order valence-corrected chi connectivity index (χ2v) is 6.62. The van der Waals surface area contributed by atoms with Crippen molar-refractivity contribution in [3.05, 3.63) is 70.3 Å². The van der Waals surface area contributed by atoms with Gasteiger partial charge >= 0.3 is 0 Å². The van der Waals surface area contributed by atoms with E-state index in [2.05, 4.69) is 53.0 Å². The lowest BCUT2D eigenvalue weighted by atomic mass is 9.92. The van der Waals surface area contributed by atoms with Crippen LogP contribution in [0.5, 0.6) is 0 Å². The van der Waals surface area contributed by atoms with E-state index >= 15 is 0 Å². The summed E-state index contributed by atoms with van der Waals surface area (Å²) in [4.78, 5) is 4.31. The van der Waals surface area contributed by atoms with Gasteiger partial charge in [-0.05, 0) is 55.1 Å². The summed E-state index contributed by atoms with van der Waals surface area (Å²) in [6.07, 6.45) is 10.4. The molecule has 0 spiro atoms. The maximum absolute atomic E-state index is 6.32. The van der Waals surface area contributed by atoms with Crippen LogP contribution in [-0.4, -0.2) is 16.1 Å². The van der Waals surface area contributed by atoms with E-state index in [9.17, 15) is 0 Å². The molecule has 2 aromatic rings. The Morgan fingerprint density at radius 1 is 1.38 bits per heavy atom. The molecule has 1 atom stereocenters. The molecule has 3 rings (SSSR count). The quantitative estimate of drug-likeness (QED) is 0.873. The fourth-order valence-corrected chi connectivity index (χ4v) is 3.53. The number of hydrogen-bond donors (Lipinski definition) is 1. The summed E-state index contributed by atoms with van der Waals surface area (Å²) in [5.41, 5.74) is 6.39. The van der Waals surface area contributed by atoms with Gasteiger partial charge < -0.3 is 9.88 Å². The Labute approximate surface area is 149 Å². The molecule has 3 nitrogen and oxygen atoms in total. The van der Waals surface area contributed by atoms with Crippen LogP contribution in [0.1, 0.15) is 43.1 Å². The SMILES string of the molecule is C/C=C1/C=C([C@@H](NCC)c2cncn2C)c2cc(Cl)ccc2CC1. The first kappa shape index (κ1) is 17.0. The molecule has 1 aromatic heterocycles. The van der Waals surface area contributed by atoms with Gasteiger partial charge in [0, 0.05) is 12.1 Å². The average molecular weight is 342 g/mol. The Bertz CT molecular complexity index is 786. The van der Waals surface area contributed by atoms with Gasteiger partial charge in [0.2, 0.25) is 0 Å². The van der Waals surface area contributed by atoms with E-state index in [1.807, 2.05) is 25.6 Å². The second-order valence-electron chi connectivity index (χ2n) is 6.18. The molecule has 1 heterocycles. The van der Waals surface area contributed by atoms with Gasteiger partial charge in [-0.2, -0.15) is 0 Å². The van der Waals surface area contributed by atoms with Crippen LogP contribution in [0.3, 0.4) is 0 Å². The van der Waals surface area contributed by atoms with E-state index < -0.39 is 0 Å². The molecule has 0 amide bonds. The fraction of sp³-hybridized carbons (Fsp3) is 0.350. The lowest BCUT2D eigenvalue weighted by molar-refractivity contribution is 0.621. The topological polar surface area (TPSA) is 29.9 Å². The molecule has 0 bridgehead atoms. The van der Waals surface area contributed by atoms with Gasteiger partial charge in [0.1, 0.15) is 0 Å². The van der Waals surface area contributed by atoms with Crippen LogP contribution in [0, 0.1) is 0 Å². The Morgan fingerprint density at radius 3 is 2.88 bits per heavy atom. The van der Waals surface area contributed by atoms with Crippen LogP contribution < -0.4 is 5.32 Å². The van der Waals surface area contributed by atoms with Crippen LogP contribution in [-0.2, 0) is 13.5 Å². The highest BCUT2D eigenvalue weighted by molar-refractivity contribution is 6.30. The van der Waals surface area contributed by atoms with Crippen molar-refractivity contribution in [3.8, 4) is 0 Å². The lowest BCUT2D eigenvalue weighted by Gasteiger charge is -2.23. The van der Waals surface area contributed by atoms with Crippen molar-refractivity contribution >= 4 is 17.2 Å². The van der Waals surface area contributed by atoms with Gasteiger partial charge in [-0.15, -0.1) is 0 Å². The number of rotatable bonds is 4. The number of aryl methyl sites for hydroxylation is 2. The van der Waals surface area contributed by atoms with Crippen molar-refractivity contribution in [1.29, 1.82) is 0 Å². The molecule has 0 radical (unpaired) electrons. The number of halogens is 1. The Balaban J connectivity index is 2.18. The van der Waals surface area contributed by atoms with Gasteiger partial charge in [0.15, 0.2) is 0 Å². The molecular weight excluding hydrogens is 318 g/mol. The van der Waals surface area contributed by atoms with Crippen molar-refractivity contribution in [1.82, 2.24) is 14.9 Å². The minimum absolute atomic E-state index is 0.0905. The highest BCUT2D eigenvalue weighted by Gasteiger charge is 2.24. The normalized spacial score (nSPS) is 17.3. The lowest BCUT2D eigenvalue weighted by Crippen LogP contribution is -2.24. The van der Waals surface area contributed by atoms with Gasteiger partial charge in [-0.3, -0.25) is 0 Å². The maximum atomic E-state index is 6.32. The summed E-state index contributed by atoms with van der Waals surface area (Å²) in [5.74, 6) is 0.